The Hall–Kier alpha value is 0. The lowest BCUT2D eigenvalue weighted by molar-refractivity contribution is 0.0318. The van der Waals surface area contributed by atoms with E-state index < -0.39 is 0 Å². The summed E-state index contributed by atoms with van der Waals surface area (Å²) in [6, 6.07) is 0. The molecule has 0 radical (unpaired) electrons. The maximum Gasteiger partial charge on any atom is -0.0233 e. The fraction of sp³-hybridized carbons (Fsp3) is 1.00. The van der Waals surface area contributed by atoms with Gasteiger partial charge in [-0.05, 0) is 47.8 Å². The normalized spacial score (nSPS) is 71.7. The van der Waals surface area contributed by atoms with Gasteiger partial charge in [-0.3, -0.25) is 0 Å². The van der Waals surface area contributed by atoms with E-state index in [0.29, 0.717) is 0 Å². The Labute approximate surface area is 69.4 Å². The van der Waals surface area contributed by atoms with Gasteiger partial charge >= 0.3 is 0 Å². The van der Waals surface area contributed by atoms with Crippen molar-refractivity contribution in [3.8, 4) is 0 Å². The zero-order valence-electron chi connectivity index (χ0n) is 7.91. The topological polar surface area (TPSA) is 0 Å². The molecule has 0 aromatic carbocycles. The number of rotatable bonds is 0. The molecular formula is C11H18. The van der Waals surface area contributed by atoms with Crippen molar-refractivity contribution in [2.45, 2.75) is 46.5 Å². The summed E-state index contributed by atoms with van der Waals surface area (Å²) in [7, 11) is 0. The second-order valence-electron chi connectivity index (χ2n) is 6.08. The average Bonchev–Trinajstić information content (AvgIpc) is 2.27. The summed E-state index contributed by atoms with van der Waals surface area (Å²) >= 11 is 0. The third kappa shape index (κ3) is 0.467. The molecule has 0 saturated heterocycles. The van der Waals surface area contributed by atoms with Crippen LogP contribution in [-0.2, 0) is 0 Å². The van der Waals surface area contributed by atoms with E-state index in [2.05, 4.69) is 20.8 Å². The van der Waals surface area contributed by atoms with Gasteiger partial charge in [0.2, 0.25) is 0 Å². The fourth-order valence-corrected chi connectivity index (χ4v) is 4.55. The van der Waals surface area contributed by atoms with E-state index >= 15 is 0 Å². The number of fused-ring (bicyclic) bond motifs is 3. The first kappa shape index (κ1) is 6.51. The minimum absolute atomic E-state index is 0.767. The van der Waals surface area contributed by atoms with Crippen LogP contribution in [-0.4, -0.2) is 0 Å². The van der Waals surface area contributed by atoms with Crippen molar-refractivity contribution >= 4 is 0 Å². The van der Waals surface area contributed by atoms with Gasteiger partial charge in [-0.15, -0.1) is 0 Å². The second kappa shape index (κ2) is 1.30. The first-order valence-corrected chi connectivity index (χ1v) is 5.00. The first-order chi connectivity index (χ1) is 5.00. The molecule has 3 fully saturated rings. The largest absolute Gasteiger partial charge is 0.0593 e. The van der Waals surface area contributed by atoms with Crippen molar-refractivity contribution in [1.82, 2.24) is 0 Å². The van der Waals surface area contributed by atoms with Gasteiger partial charge in [-0.2, -0.15) is 0 Å². The summed E-state index contributed by atoms with van der Waals surface area (Å²) in [5.74, 6) is 1.10. The molecule has 62 valence electrons. The molecule has 3 aliphatic rings. The molecule has 0 nitrogen and oxygen atoms in total. The van der Waals surface area contributed by atoms with Crippen LogP contribution in [0.5, 0.6) is 0 Å². The monoisotopic (exact) mass is 150 g/mol. The Morgan fingerprint density at radius 3 is 2.09 bits per heavy atom. The SMILES string of the molecule is CC12CCC1C1(C)CC1(C)C2. The van der Waals surface area contributed by atoms with Gasteiger partial charge in [0.1, 0.15) is 0 Å². The predicted molar refractivity (Wildman–Crippen MR) is 46.3 cm³/mol. The van der Waals surface area contributed by atoms with E-state index in [-0.39, 0.29) is 0 Å². The van der Waals surface area contributed by atoms with Crippen molar-refractivity contribution < 1.29 is 0 Å². The molecular weight excluding hydrogens is 132 g/mol. The van der Waals surface area contributed by atoms with E-state index in [1.807, 2.05) is 0 Å². The van der Waals surface area contributed by atoms with Crippen LogP contribution in [0.15, 0.2) is 0 Å². The number of hydrogen-bond acceptors (Lipinski definition) is 0. The van der Waals surface area contributed by atoms with Crippen LogP contribution in [0.25, 0.3) is 0 Å². The maximum atomic E-state index is 2.53. The van der Waals surface area contributed by atoms with E-state index in [1.165, 1.54) is 25.7 Å². The quantitative estimate of drug-likeness (QED) is 0.497. The van der Waals surface area contributed by atoms with Gasteiger partial charge < -0.3 is 0 Å². The van der Waals surface area contributed by atoms with Gasteiger partial charge in [0.15, 0.2) is 0 Å². The third-order valence-corrected chi connectivity index (χ3v) is 5.42. The van der Waals surface area contributed by atoms with Crippen LogP contribution in [0, 0.1) is 22.2 Å². The van der Waals surface area contributed by atoms with Crippen LogP contribution in [0.2, 0.25) is 0 Å². The van der Waals surface area contributed by atoms with E-state index in [4.69, 9.17) is 0 Å². The predicted octanol–water partition coefficient (Wildman–Crippen LogP) is 3.22. The summed E-state index contributed by atoms with van der Waals surface area (Å²) in [6.07, 6.45) is 6.10. The highest BCUT2D eigenvalue weighted by Crippen LogP contribution is 2.84. The molecule has 0 heteroatoms. The Balaban J connectivity index is 2.03. The smallest absolute Gasteiger partial charge is 0.0233 e. The molecule has 4 atom stereocenters. The Bertz CT molecular complexity index is 230. The molecule has 11 heavy (non-hydrogen) atoms. The highest BCUT2D eigenvalue weighted by atomic mass is 14.8. The molecule has 0 heterocycles. The molecule has 0 aromatic heterocycles. The van der Waals surface area contributed by atoms with Crippen LogP contribution < -0.4 is 0 Å². The standard InChI is InChI=1S/C11H18/c1-9-5-4-8(9)11(3)7-10(11,2)6-9/h8H,4-7H2,1-3H3. The Morgan fingerprint density at radius 1 is 1.09 bits per heavy atom. The minimum Gasteiger partial charge on any atom is -0.0593 e. The van der Waals surface area contributed by atoms with Crippen LogP contribution >= 0.6 is 0 Å². The van der Waals surface area contributed by atoms with Crippen molar-refractivity contribution in [1.29, 1.82) is 0 Å². The summed E-state index contributed by atoms with van der Waals surface area (Å²) in [5, 5.41) is 0. The lowest BCUT2D eigenvalue weighted by Crippen LogP contribution is -2.37. The molecule has 0 N–H and O–H groups in total. The zero-order valence-corrected chi connectivity index (χ0v) is 7.91. The zero-order chi connectivity index (χ0) is 7.91. The molecule has 0 spiro atoms. The average molecular weight is 150 g/mol. The Kier molecular flexibility index (Phi) is 0.767. The van der Waals surface area contributed by atoms with Gasteiger partial charge in [-0.25, -0.2) is 0 Å². The van der Waals surface area contributed by atoms with Crippen LogP contribution in [0.4, 0.5) is 0 Å². The van der Waals surface area contributed by atoms with Gasteiger partial charge in [0.25, 0.3) is 0 Å². The van der Waals surface area contributed by atoms with Gasteiger partial charge in [0, 0.05) is 0 Å². The third-order valence-electron chi connectivity index (χ3n) is 5.42. The van der Waals surface area contributed by atoms with Crippen molar-refractivity contribution in [2.24, 2.45) is 22.2 Å². The van der Waals surface area contributed by atoms with Gasteiger partial charge in [-0.1, -0.05) is 20.8 Å². The van der Waals surface area contributed by atoms with Crippen LogP contribution in [0.1, 0.15) is 46.5 Å². The van der Waals surface area contributed by atoms with Crippen molar-refractivity contribution in [3.63, 3.8) is 0 Å². The lowest BCUT2D eigenvalue weighted by atomic mass is 9.58. The fourth-order valence-electron chi connectivity index (χ4n) is 4.55. The molecule has 0 bridgehead atoms. The highest BCUT2D eigenvalue weighted by molar-refractivity contribution is 5.25. The number of hydrogen-bond donors (Lipinski definition) is 0. The Morgan fingerprint density at radius 2 is 1.82 bits per heavy atom. The summed E-state index contributed by atoms with van der Waals surface area (Å²) < 4.78 is 0. The molecule has 4 unspecified atom stereocenters. The van der Waals surface area contributed by atoms with Crippen molar-refractivity contribution in [2.75, 3.05) is 0 Å². The lowest BCUT2D eigenvalue weighted by Gasteiger charge is -2.46. The maximum absolute atomic E-state index is 2.53. The van der Waals surface area contributed by atoms with Crippen molar-refractivity contribution in [3.05, 3.63) is 0 Å². The molecule has 0 aliphatic heterocycles. The highest BCUT2D eigenvalue weighted by Gasteiger charge is 2.76. The van der Waals surface area contributed by atoms with E-state index in [9.17, 15) is 0 Å². The molecule has 0 amide bonds. The summed E-state index contributed by atoms with van der Waals surface area (Å²) in [6.45, 7) is 7.56. The van der Waals surface area contributed by atoms with Crippen LogP contribution in [0.3, 0.4) is 0 Å². The molecule has 3 rings (SSSR count). The second-order valence-corrected chi connectivity index (χ2v) is 6.08. The molecule has 3 saturated carbocycles. The van der Waals surface area contributed by atoms with E-state index in [1.54, 1.807) is 0 Å². The molecule has 3 aliphatic carbocycles. The molecule has 0 aromatic rings. The summed E-state index contributed by atoms with van der Waals surface area (Å²) in [4.78, 5) is 0. The first-order valence-electron chi connectivity index (χ1n) is 5.00. The van der Waals surface area contributed by atoms with E-state index in [0.717, 1.165) is 22.2 Å². The summed E-state index contributed by atoms with van der Waals surface area (Å²) in [5.41, 5.74) is 2.32. The van der Waals surface area contributed by atoms with Gasteiger partial charge in [0.05, 0.1) is 0 Å². The minimum atomic E-state index is 0.767.